The molecule has 0 amide bonds. The number of carbonyl (C=O) groups is 1. The summed E-state index contributed by atoms with van der Waals surface area (Å²) in [4.78, 5) is 11.2. The van der Waals surface area contributed by atoms with Crippen molar-refractivity contribution in [1.29, 1.82) is 0 Å². The Bertz CT molecular complexity index is 472. The second kappa shape index (κ2) is 9.43. The van der Waals surface area contributed by atoms with E-state index in [1.54, 1.807) is 13.8 Å². The highest BCUT2D eigenvalue weighted by Crippen LogP contribution is 2.26. The minimum atomic E-state index is -1.04. The molecule has 1 aromatic carbocycles. The number of unbranched alkanes of at least 4 members (excludes halogenated alkanes) is 3. The molecule has 0 spiro atoms. The lowest BCUT2D eigenvalue weighted by atomic mass is 10.0. The fourth-order valence-electron chi connectivity index (χ4n) is 2.26. The third kappa shape index (κ3) is 6.03. The molecule has 2 atom stereocenters. The summed E-state index contributed by atoms with van der Waals surface area (Å²) in [5.41, 5.74) is 0.564. The average Bonchev–Trinajstić information content (AvgIpc) is 2.46. The maximum atomic E-state index is 11.2. The number of hydrogen-bond donors (Lipinski definition) is 2. The van der Waals surface area contributed by atoms with Crippen molar-refractivity contribution in [2.24, 2.45) is 0 Å². The van der Waals surface area contributed by atoms with Crippen LogP contribution in [0.4, 0.5) is 0 Å². The molecule has 5 heteroatoms. The number of phenols is 1. The zero-order valence-corrected chi connectivity index (χ0v) is 13.5. The fraction of sp³-hybridized carbons (Fsp3) is 0.588. The van der Waals surface area contributed by atoms with E-state index < -0.39 is 18.4 Å². The van der Waals surface area contributed by atoms with Gasteiger partial charge in [0, 0.05) is 6.61 Å². The molecule has 0 fully saturated rings. The van der Waals surface area contributed by atoms with Crippen molar-refractivity contribution < 1.29 is 24.5 Å². The van der Waals surface area contributed by atoms with Gasteiger partial charge >= 0.3 is 5.97 Å². The Morgan fingerprint density at radius 1 is 1.23 bits per heavy atom. The number of aromatic carboxylic acids is 1. The highest BCUT2D eigenvalue weighted by Gasteiger charge is 2.19. The molecule has 0 aromatic heterocycles. The molecule has 2 N–H and O–H groups in total. The van der Waals surface area contributed by atoms with Gasteiger partial charge in [-0.3, -0.25) is 0 Å². The van der Waals surface area contributed by atoms with Crippen LogP contribution < -0.4 is 0 Å². The molecule has 5 nitrogen and oxygen atoms in total. The van der Waals surface area contributed by atoms with Gasteiger partial charge in [0.15, 0.2) is 6.29 Å². The van der Waals surface area contributed by atoms with E-state index in [9.17, 15) is 15.0 Å². The smallest absolute Gasteiger partial charge is 0.336 e. The van der Waals surface area contributed by atoms with E-state index >= 15 is 0 Å². The van der Waals surface area contributed by atoms with Gasteiger partial charge in [-0.1, -0.05) is 26.2 Å². The first kappa shape index (κ1) is 18.5. The molecule has 0 aliphatic carbocycles. The third-order valence-electron chi connectivity index (χ3n) is 3.45. The summed E-state index contributed by atoms with van der Waals surface area (Å²) in [6.45, 7) is 6.32. The van der Waals surface area contributed by atoms with Gasteiger partial charge < -0.3 is 19.7 Å². The molecule has 0 radical (unpaired) electrons. The number of phenolic OH excluding ortho intramolecular Hbond substituents is 1. The lowest BCUT2D eigenvalue weighted by molar-refractivity contribution is -0.158. The van der Waals surface area contributed by atoms with Crippen LogP contribution in [0.1, 0.15) is 68.5 Å². The van der Waals surface area contributed by atoms with Crippen molar-refractivity contribution >= 4 is 5.97 Å². The van der Waals surface area contributed by atoms with Gasteiger partial charge in [-0.15, -0.1) is 0 Å². The first-order valence-corrected chi connectivity index (χ1v) is 7.79. The predicted octanol–water partition coefficient (Wildman–Crippen LogP) is 4.11. The lowest BCUT2D eigenvalue weighted by Crippen LogP contribution is -2.18. The van der Waals surface area contributed by atoms with Crippen LogP contribution in [0.15, 0.2) is 18.2 Å². The second-order valence-electron chi connectivity index (χ2n) is 5.35. The zero-order valence-electron chi connectivity index (χ0n) is 13.5. The predicted molar refractivity (Wildman–Crippen MR) is 84.1 cm³/mol. The Labute approximate surface area is 131 Å². The summed E-state index contributed by atoms with van der Waals surface area (Å²) < 4.78 is 11.3. The first-order chi connectivity index (χ1) is 10.5. The van der Waals surface area contributed by atoms with Crippen LogP contribution in [0.25, 0.3) is 0 Å². The molecule has 0 heterocycles. The van der Waals surface area contributed by atoms with Crippen LogP contribution in [0, 0.1) is 0 Å². The number of hydrogen-bond acceptors (Lipinski definition) is 4. The SMILES string of the molecule is CCCCCCOC(C)OC(C)c1cc(O)ccc1C(=O)O. The fourth-order valence-corrected chi connectivity index (χ4v) is 2.26. The maximum Gasteiger partial charge on any atom is 0.336 e. The molecule has 22 heavy (non-hydrogen) atoms. The molecule has 0 saturated carbocycles. The topological polar surface area (TPSA) is 76.0 Å². The van der Waals surface area contributed by atoms with Crippen LogP contribution in [0.5, 0.6) is 5.75 Å². The monoisotopic (exact) mass is 310 g/mol. The van der Waals surface area contributed by atoms with Gasteiger partial charge in [0.25, 0.3) is 0 Å². The highest BCUT2D eigenvalue weighted by atomic mass is 16.7. The van der Waals surface area contributed by atoms with E-state index in [4.69, 9.17) is 9.47 Å². The van der Waals surface area contributed by atoms with Crippen LogP contribution in [-0.4, -0.2) is 29.1 Å². The van der Waals surface area contributed by atoms with Crippen molar-refractivity contribution in [3.05, 3.63) is 29.3 Å². The molecular formula is C17H26O5. The van der Waals surface area contributed by atoms with Crippen molar-refractivity contribution in [3.63, 3.8) is 0 Å². The Morgan fingerprint density at radius 3 is 2.59 bits per heavy atom. The van der Waals surface area contributed by atoms with Crippen LogP contribution in [0.2, 0.25) is 0 Å². The molecule has 0 aliphatic rings. The van der Waals surface area contributed by atoms with Gasteiger partial charge in [0.05, 0.1) is 11.7 Å². The van der Waals surface area contributed by atoms with Crippen LogP contribution in [-0.2, 0) is 9.47 Å². The van der Waals surface area contributed by atoms with Gasteiger partial charge in [0.2, 0.25) is 0 Å². The second-order valence-corrected chi connectivity index (χ2v) is 5.35. The third-order valence-corrected chi connectivity index (χ3v) is 3.45. The van der Waals surface area contributed by atoms with E-state index in [2.05, 4.69) is 6.92 Å². The van der Waals surface area contributed by atoms with Crippen LogP contribution >= 0.6 is 0 Å². The van der Waals surface area contributed by atoms with Crippen LogP contribution in [0.3, 0.4) is 0 Å². The summed E-state index contributed by atoms with van der Waals surface area (Å²) >= 11 is 0. The molecule has 0 aliphatic heterocycles. The molecule has 1 aromatic rings. The molecular weight excluding hydrogens is 284 g/mol. The minimum Gasteiger partial charge on any atom is -0.508 e. The number of benzene rings is 1. The summed E-state index contributed by atoms with van der Waals surface area (Å²) in [5, 5.41) is 18.7. The standard InChI is InChI=1S/C17H26O5/c1-4-5-6-7-10-21-13(3)22-12(2)16-11-14(18)8-9-15(16)17(19)20/h8-9,11-13,18H,4-7,10H2,1-3H3,(H,19,20). The average molecular weight is 310 g/mol. The van der Waals surface area contributed by atoms with Crippen molar-refractivity contribution in [2.45, 2.75) is 58.8 Å². The Kier molecular flexibility index (Phi) is 7.91. The number of rotatable bonds is 10. The maximum absolute atomic E-state index is 11.2. The molecule has 124 valence electrons. The molecule has 1 rings (SSSR count). The number of carboxylic acid groups (broad SMARTS) is 1. The Hall–Kier alpha value is -1.59. The quantitative estimate of drug-likeness (QED) is 0.502. The highest BCUT2D eigenvalue weighted by molar-refractivity contribution is 5.89. The van der Waals surface area contributed by atoms with Gasteiger partial charge in [-0.25, -0.2) is 4.79 Å². The van der Waals surface area contributed by atoms with E-state index in [0.29, 0.717) is 12.2 Å². The lowest BCUT2D eigenvalue weighted by Gasteiger charge is -2.21. The zero-order chi connectivity index (χ0) is 16.5. The molecule has 0 saturated heterocycles. The first-order valence-electron chi connectivity index (χ1n) is 7.79. The van der Waals surface area contributed by atoms with Crippen molar-refractivity contribution in [2.75, 3.05) is 6.61 Å². The van der Waals surface area contributed by atoms with E-state index in [0.717, 1.165) is 12.8 Å². The largest absolute Gasteiger partial charge is 0.508 e. The number of carboxylic acids is 1. The summed E-state index contributed by atoms with van der Waals surface area (Å²) in [7, 11) is 0. The Morgan fingerprint density at radius 2 is 1.95 bits per heavy atom. The molecule has 2 unspecified atom stereocenters. The molecule has 0 bridgehead atoms. The summed E-state index contributed by atoms with van der Waals surface area (Å²) in [5.74, 6) is -1.03. The van der Waals surface area contributed by atoms with Crippen molar-refractivity contribution in [1.82, 2.24) is 0 Å². The van der Waals surface area contributed by atoms with Gasteiger partial charge in [-0.05, 0) is 44.0 Å². The van der Waals surface area contributed by atoms with Gasteiger partial charge in [0.1, 0.15) is 5.75 Å². The van der Waals surface area contributed by atoms with E-state index in [1.165, 1.54) is 31.0 Å². The minimum absolute atomic E-state index is 0.0172. The number of aromatic hydroxyl groups is 1. The van der Waals surface area contributed by atoms with E-state index in [-0.39, 0.29) is 11.3 Å². The normalized spacial score (nSPS) is 13.8. The summed E-state index contributed by atoms with van der Waals surface area (Å²) in [6.07, 6.45) is 3.58. The van der Waals surface area contributed by atoms with E-state index in [1.807, 2.05) is 0 Å². The number of ether oxygens (including phenoxy) is 2. The Balaban J connectivity index is 2.55. The van der Waals surface area contributed by atoms with Crippen molar-refractivity contribution in [3.8, 4) is 5.75 Å². The summed E-state index contributed by atoms with van der Waals surface area (Å²) in [6, 6.07) is 4.15. The van der Waals surface area contributed by atoms with Gasteiger partial charge in [-0.2, -0.15) is 0 Å².